The highest BCUT2D eigenvalue weighted by molar-refractivity contribution is 5.39. The summed E-state index contributed by atoms with van der Waals surface area (Å²) in [5.74, 6) is 0. The maximum atomic E-state index is 9.47. The Labute approximate surface area is 81.2 Å². The van der Waals surface area contributed by atoms with Crippen molar-refractivity contribution in [1.29, 1.82) is 0 Å². The van der Waals surface area contributed by atoms with E-state index in [2.05, 4.69) is 10.1 Å². The predicted molar refractivity (Wildman–Crippen MR) is 51.7 cm³/mol. The van der Waals surface area contributed by atoms with Gasteiger partial charge in [-0.05, 0) is 12.5 Å². The largest absolute Gasteiger partial charge is 0.385 e. The highest BCUT2D eigenvalue weighted by Crippen LogP contribution is 2.11. The molecule has 0 aliphatic carbocycles. The third-order valence-electron chi connectivity index (χ3n) is 2.03. The van der Waals surface area contributed by atoms with E-state index in [0.29, 0.717) is 5.69 Å². The molecule has 0 amide bonds. The van der Waals surface area contributed by atoms with Gasteiger partial charge in [-0.1, -0.05) is 0 Å². The van der Waals surface area contributed by atoms with Crippen molar-refractivity contribution in [1.82, 2.24) is 14.6 Å². The van der Waals surface area contributed by atoms with Gasteiger partial charge in [0.2, 0.25) is 0 Å². The van der Waals surface area contributed by atoms with Crippen molar-refractivity contribution in [2.45, 2.75) is 13.0 Å². The van der Waals surface area contributed by atoms with Crippen LogP contribution in [-0.2, 0) is 0 Å². The number of aliphatic hydroxyl groups excluding tert-OH is 1. The molecule has 2 rings (SSSR count). The van der Waals surface area contributed by atoms with E-state index in [-0.39, 0.29) is 6.54 Å². The minimum Gasteiger partial charge on any atom is -0.385 e. The average Bonchev–Trinajstić information content (AvgIpc) is 2.59. The molecule has 3 N–H and O–H groups in total. The first-order valence-electron chi connectivity index (χ1n) is 4.41. The molecule has 0 spiro atoms. The molecule has 1 unspecified atom stereocenters. The van der Waals surface area contributed by atoms with Crippen molar-refractivity contribution < 1.29 is 5.11 Å². The molecule has 1 atom stereocenters. The van der Waals surface area contributed by atoms with Crippen LogP contribution in [0.3, 0.4) is 0 Å². The molecule has 0 aliphatic rings. The molecule has 74 valence electrons. The second kappa shape index (κ2) is 3.36. The topological polar surface area (TPSA) is 76.4 Å². The van der Waals surface area contributed by atoms with Crippen molar-refractivity contribution in [3.8, 4) is 0 Å². The van der Waals surface area contributed by atoms with E-state index in [9.17, 15) is 5.11 Å². The molecule has 0 saturated carbocycles. The lowest BCUT2D eigenvalue weighted by atomic mass is 10.2. The van der Waals surface area contributed by atoms with Crippen molar-refractivity contribution >= 4 is 5.65 Å². The van der Waals surface area contributed by atoms with E-state index >= 15 is 0 Å². The first-order chi connectivity index (χ1) is 6.70. The molecule has 5 nitrogen and oxygen atoms in total. The quantitative estimate of drug-likeness (QED) is 0.703. The normalized spacial score (nSPS) is 13.4. The second-order valence-electron chi connectivity index (χ2n) is 3.25. The van der Waals surface area contributed by atoms with Gasteiger partial charge in [0.1, 0.15) is 6.10 Å². The van der Waals surface area contributed by atoms with Gasteiger partial charge >= 0.3 is 0 Å². The maximum Gasteiger partial charge on any atom is 0.155 e. The molecule has 2 aromatic heterocycles. The van der Waals surface area contributed by atoms with Crippen LogP contribution in [0, 0.1) is 6.92 Å². The Morgan fingerprint density at radius 2 is 2.43 bits per heavy atom. The first-order valence-corrected chi connectivity index (χ1v) is 4.41. The van der Waals surface area contributed by atoms with Crippen LogP contribution >= 0.6 is 0 Å². The second-order valence-corrected chi connectivity index (χ2v) is 3.25. The van der Waals surface area contributed by atoms with Gasteiger partial charge in [0.15, 0.2) is 5.65 Å². The average molecular weight is 192 g/mol. The van der Waals surface area contributed by atoms with E-state index in [1.54, 1.807) is 16.8 Å². The Hall–Kier alpha value is -1.46. The number of rotatable bonds is 2. The van der Waals surface area contributed by atoms with Gasteiger partial charge < -0.3 is 10.8 Å². The number of aryl methyl sites for hydroxylation is 1. The third-order valence-corrected chi connectivity index (χ3v) is 2.03. The lowest BCUT2D eigenvalue weighted by molar-refractivity contribution is 0.181. The zero-order valence-corrected chi connectivity index (χ0v) is 7.88. The smallest absolute Gasteiger partial charge is 0.155 e. The van der Waals surface area contributed by atoms with Crippen molar-refractivity contribution in [2.24, 2.45) is 5.73 Å². The number of aromatic nitrogens is 3. The standard InChI is InChI=1S/C9H12N4O/c1-6-4-11-9-2-7(8(14)3-10)12-13(9)5-6/h2,4-5,8,14H,3,10H2,1H3. The van der Waals surface area contributed by atoms with Gasteiger partial charge in [0, 0.05) is 25.0 Å². The highest BCUT2D eigenvalue weighted by Gasteiger charge is 2.10. The fourth-order valence-corrected chi connectivity index (χ4v) is 1.27. The lowest BCUT2D eigenvalue weighted by Crippen LogP contribution is -2.11. The van der Waals surface area contributed by atoms with E-state index in [0.717, 1.165) is 11.2 Å². The molecule has 5 heteroatoms. The molecule has 0 radical (unpaired) electrons. The molecule has 0 fully saturated rings. The molecular weight excluding hydrogens is 180 g/mol. The summed E-state index contributed by atoms with van der Waals surface area (Å²) in [7, 11) is 0. The highest BCUT2D eigenvalue weighted by atomic mass is 16.3. The summed E-state index contributed by atoms with van der Waals surface area (Å²) >= 11 is 0. The SMILES string of the molecule is Cc1cnc2cc(C(O)CN)nn2c1. The van der Waals surface area contributed by atoms with Crippen LogP contribution in [0.1, 0.15) is 17.4 Å². The molecule has 14 heavy (non-hydrogen) atoms. The Morgan fingerprint density at radius 3 is 3.14 bits per heavy atom. The Morgan fingerprint density at radius 1 is 1.64 bits per heavy atom. The Bertz CT molecular complexity index is 451. The summed E-state index contributed by atoms with van der Waals surface area (Å²) in [4.78, 5) is 4.17. The van der Waals surface area contributed by atoms with Gasteiger partial charge in [-0.15, -0.1) is 0 Å². The predicted octanol–water partition coefficient (Wildman–Crippen LogP) is 0.0298. The molecule has 0 aliphatic heterocycles. The summed E-state index contributed by atoms with van der Waals surface area (Å²) in [6.45, 7) is 2.11. The fourth-order valence-electron chi connectivity index (χ4n) is 1.27. The van der Waals surface area contributed by atoms with Gasteiger partial charge in [0.25, 0.3) is 0 Å². The van der Waals surface area contributed by atoms with Gasteiger partial charge in [-0.2, -0.15) is 5.10 Å². The minimum atomic E-state index is -0.711. The van der Waals surface area contributed by atoms with E-state index in [4.69, 9.17) is 5.73 Å². The van der Waals surface area contributed by atoms with Crippen LogP contribution in [-0.4, -0.2) is 26.2 Å². The number of hydrogen-bond donors (Lipinski definition) is 2. The zero-order chi connectivity index (χ0) is 10.1. The molecule has 0 bridgehead atoms. The van der Waals surface area contributed by atoms with Gasteiger partial charge in [-0.3, -0.25) is 0 Å². The molecule has 0 aromatic carbocycles. The number of fused-ring (bicyclic) bond motifs is 1. The lowest BCUT2D eigenvalue weighted by Gasteiger charge is -2.00. The minimum absolute atomic E-state index is 0.170. The monoisotopic (exact) mass is 192 g/mol. The summed E-state index contributed by atoms with van der Waals surface area (Å²) in [5, 5.41) is 13.6. The number of hydrogen-bond acceptors (Lipinski definition) is 4. The zero-order valence-electron chi connectivity index (χ0n) is 7.88. The van der Waals surface area contributed by atoms with Crippen molar-refractivity contribution in [3.63, 3.8) is 0 Å². The molecule has 2 aromatic rings. The first kappa shape index (κ1) is 9.11. The summed E-state index contributed by atoms with van der Waals surface area (Å²) in [6.07, 6.45) is 2.90. The Kier molecular flexibility index (Phi) is 2.18. The number of nitrogens with two attached hydrogens (primary N) is 1. The molecule has 0 saturated heterocycles. The number of aliphatic hydroxyl groups is 1. The van der Waals surface area contributed by atoms with Crippen LogP contribution < -0.4 is 5.73 Å². The summed E-state index contributed by atoms with van der Waals surface area (Å²) < 4.78 is 1.64. The summed E-state index contributed by atoms with van der Waals surface area (Å²) in [6, 6.07) is 1.73. The Balaban J connectivity index is 2.51. The van der Waals surface area contributed by atoms with Crippen molar-refractivity contribution in [3.05, 3.63) is 29.7 Å². The van der Waals surface area contributed by atoms with Crippen LogP contribution in [0.2, 0.25) is 0 Å². The third kappa shape index (κ3) is 1.47. The van der Waals surface area contributed by atoms with E-state index < -0.39 is 6.10 Å². The van der Waals surface area contributed by atoms with Crippen molar-refractivity contribution in [2.75, 3.05) is 6.54 Å². The molecular formula is C9H12N4O. The molecule has 2 heterocycles. The number of nitrogens with zero attached hydrogens (tertiary/aromatic N) is 3. The maximum absolute atomic E-state index is 9.47. The van der Waals surface area contributed by atoms with Crippen LogP contribution in [0.25, 0.3) is 5.65 Å². The summed E-state index contributed by atoms with van der Waals surface area (Å²) in [5.41, 5.74) is 7.64. The van der Waals surface area contributed by atoms with E-state index in [1.807, 2.05) is 13.1 Å². The van der Waals surface area contributed by atoms with Crippen LogP contribution in [0.5, 0.6) is 0 Å². The van der Waals surface area contributed by atoms with Gasteiger partial charge in [0.05, 0.1) is 5.69 Å². The van der Waals surface area contributed by atoms with Crippen LogP contribution in [0.15, 0.2) is 18.5 Å². The van der Waals surface area contributed by atoms with Crippen LogP contribution in [0.4, 0.5) is 0 Å². The fraction of sp³-hybridized carbons (Fsp3) is 0.333. The van der Waals surface area contributed by atoms with E-state index in [1.165, 1.54) is 0 Å². The van der Waals surface area contributed by atoms with Gasteiger partial charge in [-0.25, -0.2) is 9.50 Å².